The van der Waals surface area contributed by atoms with Gasteiger partial charge >= 0.3 is 23.0 Å². The fourth-order valence-corrected chi connectivity index (χ4v) is 0. The van der Waals surface area contributed by atoms with Gasteiger partial charge in [-0.1, -0.05) is 0 Å². The fourth-order valence-electron chi connectivity index (χ4n) is 0. The molecule has 0 fully saturated rings. The van der Waals surface area contributed by atoms with Crippen molar-refractivity contribution in [3.63, 3.8) is 0 Å². The van der Waals surface area contributed by atoms with E-state index < -0.39 is 15.0 Å². The Hall–Kier alpha value is 0.576. The third-order valence-electron chi connectivity index (χ3n) is 0.105. The Balaban J connectivity index is 0. The Kier molecular flexibility index (Phi) is 24.1. The molecule has 0 heterocycles. The van der Waals surface area contributed by atoms with Crippen molar-refractivity contribution in [1.29, 1.82) is 0 Å². The molecule has 0 aromatic rings. The Morgan fingerprint density at radius 2 is 2.14 bits per heavy atom. The number of nitrogens with two attached hydrogens (primary N) is 1. The molecule has 0 rings (SSSR count). The molecule has 0 aliphatic heterocycles. The second kappa shape index (κ2) is 16.0. The van der Waals surface area contributed by atoms with Crippen molar-refractivity contribution < 1.29 is 23.0 Å². The molecular formula is C2H7CoNO2S-. The first-order chi connectivity index (χ1) is 3.33. The fraction of sp³-hybridized carbons (Fsp3) is 0.500. The Morgan fingerprint density at radius 1 is 2.00 bits per heavy atom. The molecule has 48 valence electrons. The minimum atomic E-state index is -0.812. The summed E-state index contributed by atoms with van der Waals surface area (Å²) >= 11 is 2.93. The zero-order chi connectivity index (χ0) is 6.12. The molecule has 0 bridgehead atoms. The van der Waals surface area contributed by atoms with Gasteiger partial charge in [0.15, 0.2) is 0 Å². The summed E-state index contributed by atoms with van der Waals surface area (Å²) in [6.07, 6.45) is 0. The predicted octanol–water partition coefficient (Wildman–Crippen LogP) is -0.642. The Morgan fingerprint density at radius 3 is 2.14 bits per heavy atom. The monoisotopic (exact) mass is 168 g/mol. The molecule has 3 N–H and O–H groups in total. The van der Waals surface area contributed by atoms with Crippen LogP contribution >= 0.6 is 12.6 Å². The van der Waals surface area contributed by atoms with Crippen LogP contribution in [-0.2, 0) is 18.8 Å². The van der Waals surface area contributed by atoms with Gasteiger partial charge in [-0.25, -0.2) is 12.6 Å². The van der Waals surface area contributed by atoms with Crippen LogP contribution in [0.15, 0.2) is 0 Å². The Bertz CT molecular complexity index is 34.9. The van der Waals surface area contributed by atoms with Crippen molar-refractivity contribution in [2.75, 3.05) is 5.75 Å². The summed E-state index contributed by atoms with van der Waals surface area (Å²) in [5.41, 5.74) is 4.83. The van der Waals surface area contributed by atoms with E-state index in [0.29, 0.717) is 5.75 Å². The summed E-state index contributed by atoms with van der Waals surface area (Å²) in [6, 6.07) is 0. The molecule has 0 saturated carbocycles. The summed E-state index contributed by atoms with van der Waals surface area (Å²) in [5, 5.41) is 0. The summed E-state index contributed by atoms with van der Waals surface area (Å²) in [6.45, 7) is 1.49. The average molecular weight is 168 g/mol. The third-order valence-corrected chi connectivity index (χ3v) is 0.316. The zero-order valence-electron chi connectivity index (χ0n) is 3.50. The molecule has 0 aliphatic carbocycles. The molecule has 0 atom stereocenters. The second-order valence-corrected chi connectivity index (χ2v) is 1.03. The van der Waals surface area contributed by atoms with Crippen LogP contribution in [0.5, 0.6) is 0 Å². The van der Waals surface area contributed by atoms with Crippen LogP contribution < -0.4 is 5.73 Å². The first-order valence-corrected chi connectivity index (χ1v) is 2.87. The normalized spacial score (nSPS) is 7.29. The van der Waals surface area contributed by atoms with E-state index >= 15 is 0 Å². The molecule has 0 aromatic heterocycles. The molecule has 0 saturated heterocycles. The standard InChI is InChI=1S/C2H6NS.Co.H2O.O/c3-1-2-4;;;/h1,4H,2-3H2;;1H2;/q-1;+1;;/p-1. The summed E-state index contributed by atoms with van der Waals surface area (Å²) in [4.78, 5) is 0. The van der Waals surface area contributed by atoms with Crippen LogP contribution in [-0.4, -0.2) is 9.97 Å². The van der Waals surface area contributed by atoms with E-state index in [-0.39, 0.29) is 0 Å². The van der Waals surface area contributed by atoms with Gasteiger partial charge in [-0.05, 0) is 0 Å². The molecule has 0 aromatic carbocycles. The van der Waals surface area contributed by atoms with Gasteiger partial charge in [0.05, 0.1) is 0 Å². The average Bonchev–Trinajstić information content (AvgIpc) is 1.69. The van der Waals surface area contributed by atoms with Crippen LogP contribution in [0, 0.1) is 6.54 Å². The van der Waals surface area contributed by atoms with Gasteiger partial charge in [-0.2, -0.15) is 0 Å². The first-order valence-electron chi connectivity index (χ1n) is 1.34. The molecule has 0 spiro atoms. The van der Waals surface area contributed by atoms with E-state index in [9.17, 15) is 0 Å². The molecule has 0 radical (unpaired) electrons. The van der Waals surface area contributed by atoms with E-state index in [1.54, 1.807) is 0 Å². The predicted molar refractivity (Wildman–Crippen MR) is 25.2 cm³/mol. The molecule has 3 nitrogen and oxygen atoms in total. The zero-order valence-corrected chi connectivity index (χ0v) is 5.43. The van der Waals surface area contributed by atoms with Crippen molar-refractivity contribution in [3.8, 4) is 0 Å². The van der Waals surface area contributed by atoms with E-state index in [4.69, 9.17) is 13.8 Å². The molecule has 0 unspecified atom stereocenters. The van der Waals surface area contributed by atoms with Crippen LogP contribution in [0.1, 0.15) is 0 Å². The Labute approximate surface area is 54.2 Å². The van der Waals surface area contributed by atoms with Gasteiger partial charge in [0, 0.05) is 0 Å². The van der Waals surface area contributed by atoms with Gasteiger partial charge in [-0.15, -0.1) is 5.75 Å². The maximum absolute atomic E-state index is 8.45. The summed E-state index contributed by atoms with van der Waals surface area (Å²) < 4.78 is 15.4. The molecule has 5 heteroatoms. The number of rotatable bonds is 1. The van der Waals surface area contributed by atoms with Gasteiger partial charge in [0.25, 0.3) is 0 Å². The SMILES string of the molecule is N[CH-]CS.[O]=[Co][OH]. The van der Waals surface area contributed by atoms with E-state index in [2.05, 4.69) is 12.6 Å². The third kappa shape index (κ3) is 55.4. The van der Waals surface area contributed by atoms with Gasteiger partial charge in [-0.3, -0.25) is 6.54 Å². The van der Waals surface area contributed by atoms with Crippen molar-refractivity contribution in [2.45, 2.75) is 0 Å². The minimum absolute atomic E-state index is 0.667. The molecular weight excluding hydrogens is 161 g/mol. The van der Waals surface area contributed by atoms with Crippen molar-refractivity contribution in [2.24, 2.45) is 5.73 Å². The van der Waals surface area contributed by atoms with Gasteiger partial charge in [0.2, 0.25) is 0 Å². The molecule has 7 heavy (non-hydrogen) atoms. The van der Waals surface area contributed by atoms with Gasteiger partial charge in [0.1, 0.15) is 0 Å². The topological polar surface area (TPSA) is 63.3 Å². The van der Waals surface area contributed by atoms with Crippen molar-refractivity contribution in [3.05, 3.63) is 6.54 Å². The number of hydrogen-bond acceptors (Lipinski definition) is 3. The summed E-state index contributed by atoms with van der Waals surface area (Å²) in [5.74, 6) is 0.667. The summed E-state index contributed by atoms with van der Waals surface area (Å²) in [7, 11) is 0. The molecule has 0 aliphatic rings. The quantitative estimate of drug-likeness (QED) is 0.360. The van der Waals surface area contributed by atoms with Crippen LogP contribution in [0.4, 0.5) is 0 Å². The van der Waals surface area contributed by atoms with E-state index in [0.717, 1.165) is 0 Å². The molecule has 0 amide bonds. The van der Waals surface area contributed by atoms with Crippen LogP contribution in [0.2, 0.25) is 0 Å². The van der Waals surface area contributed by atoms with Crippen molar-refractivity contribution >= 4 is 12.6 Å². The number of thiol groups is 1. The second-order valence-electron chi connectivity index (χ2n) is 0.479. The number of hydrogen-bond donors (Lipinski definition) is 3. The first kappa shape index (κ1) is 10.5. The van der Waals surface area contributed by atoms with Gasteiger partial charge < -0.3 is 5.73 Å². The van der Waals surface area contributed by atoms with Crippen LogP contribution in [0.3, 0.4) is 0 Å². The van der Waals surface area contributed by atoms with Crippen molar-refractivity contribution in [1.82, 2.24) is 0 Å². The van der Waals surface area contributed by atoms with E-state index in [1.165, 1.54) is 6.54 Å². The van der Waals surface area contributed by atoms with Crippen LogP contribution in [0.25, 0.3) is 0 Å². The van der Waals surface area contributed by atoms with E-state index in [1.807, 2.05) is 0 Å². The maximum atomic E-state index is 8.45.